The van der Waals surface area contributed by atoms with E-state index in [2.05, 4.69) is 36.4 Å². The van der Waals surface area contributed by atoms with E-state index in [0.717, 1.165) is 12.8 Å². The number of methoxy groups -OCH3 is 1. The molecule has 3 aliphatic rings. The van der Waals surface area contributed by atoms with Crippen molar-refractivity contribution in [3.8, 4) is 16.9 Å². The Hall–Kier alpha value is -3.60. The van der Waals surface area contributed by atoms with Gasteiger partial charge in [0.1, 0.15) is 12.4 Å². The van der Waals surface area contributed by atoms with E-state index in [-0.39, 0.29) is 35.8 Å². The molecule has 5 heteroatoms. The van der Waals surface area contributed by atoms with Gasteiger partial charge in [0.05, 0.1) is 12.7 Å². The molecule has 2 unspecified atom stereocenters. The number of nitrogens with zero attached hydrogens (tertiary/aromatic N) is 1. The van der Waals surface area contributed by atoms with Gasteiger partial charge in [-0.3, -0.25) is 4.79 Å². The minimum Gasteiger partial charge on any atom is -0.496 e. The lowest BCUT2D eigenvalue weighted by Crippen LogP contribution is -2.48. The highest BCUT2D eigenvalue weighted by molar-refractivity contribution is 6.00. The van der Waals surface area contributed by atoms with Crippen LogP contribution in [0, 0.1) is 5.92 Å². The summed E-state index contributed by atoms with van der Waals surface area (Å²) in [4.78, 5) is 28.5. The minimum absolute atomic E-state index is 0.0491. The zero-order valence-corrected chi connectivity index (χ0v) is 19.9. The zero-order valence-electron chi connectivity index (χ0n) is 19.9. The number of rotatable bonds is 5. The predicted octanol–water partition coefficient (Wildman–Crippen LogP) is 6.07. The molecule has 3 aromatic carbocycles. The van der Waals surface area contributed by atoms with Gasteiger partial charge in [-0.25, -0.2) is 4.79 Å². The van der Waals surface area contributed by atoms with Crippen LogP contribution >= 0.6 is 0 Å². The third kappa shape index (κ3) is 3.70. The van der Waals surface area contributed by atoms with Gasteiger partial charge in [0.15, 0.2) is 5.78 Å². The van der Waals surface area contributed by atoms with Crippen LogP contribution < -0.4 is 4.74 Å². The third-order valence-electron chi connectivity index (χ3n) is 8.02. The number of carbonyl (C=O) groups excluding carboxylic acids is 2. The standard InChI is InChI=1S/C30H29NO4/c1-34-28-13-7-6-12-26(28)29(32)19-16-20-14-15-21(17-19)31(20)30(33)35-18-27-24-10-4-2-8-22(24)23-9-3-5-11-25(23)27/h2-13,19-21,27H,14-18H2,1H3. The number of Topliss-reactive ketones (excluding diaryl/α,β-unsaturated/α-hetero) is 1. The van der Waals surface area contributed by atoms with Crippen molar-refractivity contribution in [3.63, 3.8) is 0 Å². The maximum Gasteiger partial charge on any atom is 0.410 e. The highest BCUT2D eigenvalue weighted by Crippen LogP contribution is 2.45. The van der Waals surface area contributed by atoms with Gasteiger partial charge >= 0.3 is 6.09 Å². The molecule has 2 heterocycles. The van der Waals surface area contributed by atoms with Crippen LogP contribution in [0.25, 0.3) is 11.1 Å². The van der Waals surface area contributed by atoms with Crippen LogP contribution in [-0.4, -0.2) is 42.6 Å². The Morgan fingerprint density at radius 2 is 1.40 bits per heavy atom. The van der Waals surface area contributed by atoms with Crippen LogP contribution in [0.4, 0.5) is 4.79 Å². The molecule has 2 atom stereocenters. The Kier molecular flexibility index (Phi) is 5.56. The van der Waals surface area contributed by atoms with Gasteiger partial charge < -0.3 is 14.4 Å². The minimum atomic E-state index is -0.248. The van der Waals surface area contributed by atoms with Gasteiger partial charge in [0.2, 0.25) is 0 Å². The topological polar surface area (TPSA) is 55.8 Å². The molecule has 0 radical (unpaired) electrons. The van der Waals surface area contributed by atoms with Crippen LogP contribution in [-0.2, 0) is 4.74 Å². The number of hydrogen-bond acceptors (Lipinski definition) is 4. The first-order valence-electron chi connectivity index (χ1n) is 12.5. The summed E-state index contributed by atoms with van der Waals surface area (Å²) in [5.74, 6) is 0.686. The van der Waals surface area contributed by atoms with E-state index in [0.29, 0.717) is 30.8 Å². The number of hydrogen-bond donors (Lipinski definition) is 0. The first-order valence-corrected chi connectivity index (χ1v) is 12.5. The number of piperidine rings is 1. The molecule has 0 N–H and O–H groups in total. The van der Waals surface area contributed by atoms with Crippen LogP contribution in [0.2, 0.25) is 0 Å². The lowest BCUT2D eigenvalue weighted by Gasteiger charge is -2.38. The molecule has 2 saturated heterocycles. The quantitative estimate of drug-likeness (QED) is 0.428. The Bertz CT molecular complexity index is 1230. The molecule has 1 amide bonds. The Balaban J connectivity index is 1.15. The van der Waals surface area contributed by atoms with Crippen molar-refractivity contribution in [3.05, 3.63) is 89.5 Å². The molecule has 2 fully saturated rings. The summed E-state index contributed by atoms with van der Waals surface area (Å²) >= 11 is 0. The second-order valence-corrected chi connectivity index (χ2v) is 9.83. The Morgan fingerprint density at radius 1 is 0.829 bits per heavy atom. The van der Waals surface area contributed by atoms with E-state index in [9.17, 15) is 9.59 Å². The highest BCUT2D eigenvalue weighted by Gasteiger charge is 2.46. The van der Waals surface area contributed by atoms with Crippen molar-refractivity contribution in [2.75, 3.05) is 13.7 Å². The molecular weight excluding hydrogens is 438 g/mol. The molecular formula is C30H29NO4. The van der Waals surface area contributed by atoms with E-state index in [1.54, 1.807) is 7.11 Å². The fourth-order valence-corrected chi connectivity index (χ4v) is 6.43. The number of benzene rings is 3. The molecule has 178 valence electrons. The molecule has 3 aromatic rings. The van der Waals surface area contributed by atoms with Gasteiger partial charge in [0.25, 0.3) is 0 Å². The molecule has 2 aliphatic heterocycles. The van der Waals surface area contributed by atoms with Crippen molar-refractivity contribution in [1.29, 1.82) is 0 Å². The van der Waals surface area contributed by atoms with Crippen molar-refractivity contribution in [2.24, 2.45) is 5.92 Å². The normalized spacial score (nSPS) is 22.4. The highest BCUT2D eigenvalue weighted by atomic mass is 16.6. The molecule has 0 spiro atoms. The van der Waals surface area contributed by atoms with Crippen molar-refractivity contribution >= 4 is 11.9 Å². The second kappa shape index (κ2) is 8.88. The maximum atomic E-state index is 13.3. The van der Waals surface area contributed by atoms with Crippen LogP contribution in [0.1, 0.15) is 53.1 Å². The van der Waals surface area contributed by atoms with E-state index >= 15 is 0 Å². The molecule has 5 nitrogen and oxygen atoms in total. The second-order valence-electron chi connectivity index (χ2n) is 9.83. The lowest BCUT2D eigenvalue weighted by atomic mass is 9.84. The van der Waals surface area contributed by atoms with Crippen molar-refractivity contribution in [2.45, 2.75) is 43.7 Å². The van der Waals surface area contributed by atoms with Gasteiger partial charge in [-0.05, 0) is 60.1 Å². The monoisotopic (exact) mass is 467 g/mol. The molecule has 0 saturated carbocycles. The number of para-hydroxylation sites is 1. The number of carbonyl (C=O) groups is 2. The third-order valence-corrected chi connectivity index (χ3v) is 8.02. The van der Waals surface area contributed by atoms with E-state index in [4.69, 9.17) is 9.47 Å². The summed E-state index contributed by atoms with van der Waals surface area (Å²) in [5, 5.41) is 0. The van der Waals surface area contributed by atoms with Gasteiger partial charge in [-0.2, -0.15) is 0 Å². The number of amides is 1. The largest absolute Gasteiger partial charge is 0.496 e. The van der Waals surface area contributed by atoms with Crippen molar-refractivity contribution < 1.29 is 19.1 Å². The fraction of sp³-hybridized carbons (Fsp3) is 0.333. The summed E-state index contributed by atoms with van der Waals surface area (Å²) in [5.41, 5.74) is 5.50. The average Bonchev–Trinajstić information content (AvgIpc) is 3.37. The maximum absolute atomic E-state index is 13.3. The first-order chi connectivity index (χ1) is 17.2. The zero-order chi connectivity index (χ0) is 23.9. The summed E-state index contributed by atoms with van der Waals surface area (Å²) in [6, 6.07) is 24.2. The molecule has 0 aromatic heterocycles. The van der Waals surface area contributed by atoms with E-state index in [1.807, 2.05) is 41.3 Å². The SMILES string of the molecule is COc1ccccc1C(=O)C1CC2CCC(C1)N2C(=O)OCC1c2ccccc2-c2ccccc21. The molecule has 6 rings (SSSR count). The number of ether oxygens (including phenoxy) is 2. The molecule has 35 heavy (non-hydrogen) atoms. The van der Waals surface area contributed by atoms with Gasteiger partial charge in [-0.15, -0.1) is 0 Å². The van der Waals surface area contributed by atoms with Gasteiger partial charge in [0, 0.05) is 23.9 Å². The van der Waals surface area contributed by atoms with E-state index in [1.165, 1.54) is 22.3 Å². The summed E-state index contributed by atoms with van der Waals surface area (Å²) in [6.45, 7) is 0.326. The van der Waals surface area contributed by atoms with E-state index < -0.39 is 0 Å². The average molecular weight is 468 g/mol. The summed E-state index contributed by atoms with van der Waals surface area (Å²) < 4.78 is 11.4. The summed E-state index contributed by atoms with van der Waals surface area (Å²) in [7, 11) is 1.59. The lowest BCUT2D eigenvalue weighted by molar-refractivity contribution is 0.0505. The Labute approximate surface area is 205 Å². The van der Waals surface area contributed by atoms with Crippen molar-refractivity contribution in [1.82, 2.24) is 4.90 Å². The fourth-order valence-electron chi connectivity index (χ4n) is 6.43. The predicted molar refractivity (Wildman–Crippen MR) is 134 cm³/mol. The number of ketones is 1. The molecule has 1 aliphatic carbocycles. The van der Waals surface area contributed by atoms with Crippen LogP contribution in [0.3, 0.4) is 0 Å². The Morgan fingerprint density at radius 3 is 2.03 bits per heavy atom. The van der Waals surface area contributed by atoms with Crippen LogP contribution in [0.15, 0.2) is 72.8 Å². The summed E-state index contributed by atoms with van der Waals surface area (Å²) in [6.07, 6.45) is 2.95. The van der Waals surface area contributed by atoms with Gasteiger partial charge in [-0.1, -0.05) is 60.7 Å². The smallest absolute Gasteiger partial charge is 0.410 e. The van der Waals surface area contributed by atoms with Crippen LogP contribution in [0.5, 0.6) is 5.75 Å². The number of fused-ring (bicyclic) bond motifs is 5. The first kappa shape index (κ1) is 21.9. The molecule has 2 bridgehead atoms.